The molecule has 1 aliphatic heterocycles. The van der Waals surface area contributed by atoms with Gasteiger partial charge in [-0.2, -0.15) is 4.31 Å². The van der Waals surface area contributed by atoms with Crippen LogP contribution < -0.4 is 10.2 Å². The van der Waals surface area contributed by atoms with Crippen molar-refractivity contribution in [3.8, 4) is 0 Å². The van der Waals surface area contributed by atoms with Crippen LogP contribution in [0, 0.1) is 0 Å². The van der Waals surface area contributed by atoms with Crippen molar-refractivity contribution in [1.82, 2.24) is 14.5 Å². The van der Waals surface area contributed by atoms with E-state index in [1.54, 1.807) is 18.2 Å². The molecule has 0 bridgehead atoms. The number of benzene rings is 2. The van der Waals surface area contributed by atoms with Crippen LogP contribution in [0.1, 0.15) is 42.6 Å². The minimum atomic E-state index is -3.64. The lowest BCUT2D eigenvalue weighted by atomic mass is 10.1. The molecule has 0 aliphatic carbocycles. The summed E-state index contributed by atoms with van der Waals surface area (Å²) < 4.78 is 27.5. The Morgan fingerprint density at radius 1 is 1.03 bits per heavy atom. The summed E-state index contributed by atoms with van der Waals surface area (Å²) in [6.45, 7) is 8.14. The third-order valence-corrected chi connectivity index (χ3v) is 8.12. The molecule has 0 saturated carbocycles. The van der Waals surface area contributed by atoms with Crippen LogP contribution in [0.3, 0.4) is 0 Å². The Balaban J connectivity index is 1.74. The molecule has 1 saturated heterocycles. The fourth-order valence-corrected chi connectivity index (χ4v) is 5.72. The quantitative estimate of drug-likeness (QED) is 0.544. The zero-order chi connectivity index (χ0) is 23.8. The summed E-state index contributed by atoms with van der Waals surface area (Å²) in [5, 5.41) is 3.00. The summed E-state index contributed by atoms with van der Waals surface area (Å²) in [6, 6.07) is 15.2. The van der Waals surface area contributed by atoms with Crippen LogP contribution >= 0.6 is 0 Å². The summed E-state index contributed by atoms with van der Waals surface area (Å²) in [7, 11) is -1.62. The molecule has 0 atom stereocenters. The minimum Gasteiger partial charge on any atom is -0.371 e. The second-order valence-corrected chi connectivity index (χ2v) is 10.4. The summed E-state index contributed by atoms with van der Waals surface area (Å²) in [6.07, 6.45) is 2.15. The second-order valence-electron chi connectivity index (χ2n) is 8.44. The standard InChI is InChI=1S/C25H36N4O3S/c1-4-29(5-2)33(31,32)22-13-14-24(28-16-9-10-17-28)23(19-22)25(30)26-15-18-27(3)20-21-11-7-6-8-12-21/h6-8,11-14,19H,4-5,9-10,15-18,20H2,1-3H3,(H,26,30). The number of hydrogen-bond acceptors (Lipinski definition) is 5. The van der Waals surface area contributed by atoms with Gasteiger partial charge in [0, 0.05) is 51.5 Å². The smallest absolute Gasteiger partial charge is 0.253 e. The van der Waals surface area contributed by atoms with Crippen molar-refractivity contribution in [2.75, 3.05) is 51.2 Å². The Morgan fingerprint density at radius 3 is 2.33 bits per heavy atom. The van der Waals surface area contributed by atoms with Crippen LogP contribution in [0.2, 0.25) is 0 Å². The lowest BCUT2D eigenvalue weighted by Gasteiger charge is -2.24. The van der Waals surface area contributed by atoms with Gasteiger partial charge in [0.05, 0.1) is 10.5 Å². The van der Waals surface area contributed by atoms with Gasteiger partial charge in [0.25, 0.3) is 5.91 Å². The molecule has 2 aromatic rings. The van der Waals surface area contributed by atoms with Gasteiger partial charge in [-0.05, 0) is 43.7 Å². The lowest BCUT2D eigenvalue weighted by molar-refractivity contribution is 0.0950. The Labute approximate surface area is 198 Å². The third kappa shape index (κ3) is 6.34. The second kappa shape index (κ2) is 11.6. The van der Waals surface area contributed by atoms with E-state index in [1.807, 2.05) is 39.1 Å². The fourth-order valence-electron chi connectivity index (χ4n) is 4.23. The Hall–Kier alpha value is -2.42. The maximum absolute atomic E-state index is 13.2. The van der Waals surface area contributed by atoms with Crippen molar-refractivity contribution in [3.05, 3.63) is 59.7 Å². The predicted octanol–water partition coefficient (Wildman–Crippen LogP) is 3.18. The number of hydrogen-bond donors (Lipinski definition) is 1. The number of nitrogens with zero attached hydrogens (tertiary/aromatic N) is 3. The van der Waals surface area contributed by atoms with Crippen LogP contribution in [0.25, 0.3) is 0 Å². The van der Waals surface area contributed by atoms with Gasteiger partial charge < -0.3 is 15.1 Å². The van der Waals surface area contributed by atoms with E-state index < -0.39 is 10.0 Å². The number of likely N-dealkylation sites (N-methyl/N-ethyl adjacent to an activating group) is 1. The molecular weight excluding hydrogens is 436 g/mol. The first kappa shape index (κ1) is 25.2. The average molecular weight is 473 g/mol. The number of nitrogens with one attached hydrogen (secondary N) is 1. The summed E-state index contributed by atoms with van der Waals surface area (Å²) in [4.78, 5) is 17.7. The monoisotopic (exact) mass is 472 g/mol. The van der Waals surface area contributed by atoms with Crippen molar-refractivity contribution < 1.29 is 13.2 Å². The molecule has 1 N–H and O–H groups in total. The summed E-state index contributed by atoms with van der Waals surface area (Å²) >= 11 is 0. The summed E-state index contributed by atoms with van der Waals surface area (Å²) in [5.74, 6) is -0.235. The van der Waals surface area contributed by atoms with E-state index in [0.29, 0.717) is 31.7 Å². The first-order valence-electron chi connectivity index (χ1n) is 11.8. The van der Waals surface area contributed by atoms with Crippen LogP contribution in [0.15, 0.2) is 53.4 Å². The highest BCUT2D eigenvalue weighted by Gasteiger charge is 2.26. The molecule has 180 valence electrons. The maximum Gasteiger partial charge on any atom is 0.253 e. The third-order valence-electron chi connectivity index (χ3n) is 6.08. The Kier molecular flexibility index (Phi) is 8.88. The molecular formula is C25H36N4O3S. The molecule has 1 aliphatic rings. The van der Waals surface area contributed by atoms with Gasteiger partial charge in [-0.15, -0.1) is 0 Å². The molecule has 1 amide bonds. The first-order valence-corrected chi connectivity index (χ1v) is 13.2. The molecule has 3 rings (SSSR count). The number of sulfonamides is 1. The van der Waals surface area contributed by atoms with E-state index in [2.05, 4.69) is 27.2 Å². The number of anilines is 1. The average Bonchev–Trinajstić information content (AvgIpc) is 3.34. The molecule has 0 aromatic heterocycles. The molecule has 2 aromatic carbocycles. The number of carbonyl (C=O) groups excluding carboxylic acids is 1. The van der Waals surface area contributed by atoms with Crippen LogP contribution in [0.4, 0.5) is 5.69 Å². The molecule has 33 heavy (non-hydrogen) atoms. The Bertz CT molecular complexity index is 1020. The number of rotatable bonds is 11. The Morgan fingerprint density at radius 2 is 1.70 bits per heavy atom. The highest BCUT2D eigenvalue weighted by atomic mass is 32.2. The fraction of sp³-hybridized carbons (Fsp3) is 0.480. The van der Waals surface area contributed by atoms with Crippen LogP contribution in [-0.4, -0.2) is 69.8 Å². The van der Waals surface area contributed by atoms with E-state index >= 15 is 0 Å². The topological polar surface area (TPSA) is 73.0 Å². The van der Waals surface area contributed by atoms with Gasteiger partial charge in [-0.1, -0.05) is 44.2 Å². The first-order chi connectivity index (χ1) is 15.9. The van der Waals surface area contributed by atoms with Crippen molar-refractivity contribution in [1.29, 1.82) is 0 Å². The zero-order valence-electron chi connectivity index (χ0n) is 20.0. The van der Waals surface area contributed by atoms with E-state index in [4.69, 9.17) is 0 Å². The molecule has 0 spiro atoms. The highest BCUT2D eigenvalue weighted by Crippen LogP contribution is 2.28. The predicted molar refractivity (Wildman–Crippen MR) is 133 cm³/mol. The lowest BCUT2D eigenvalue weighted by Crippen LogP contribution is -2.34. The molecule has 7 nitrogen and oxygen atoms in total. The number of amides is 1. The van der Waals surface area contributed by atoms with E-state index in [-0.39, 0.29) is 10.8 Å². The van der Waals surface area contributed by atoms with Crippen molar-refractivity contribution in [3.63, 3.8) is 0 Å². The molecule has 0 unspecified atom stereocenters. The zero-order valence-corrected chi connectivity index (χ0v) is 20.8. The van der Waals surface area contributed by atoms with E-state index in [1.165, 1.54) is 9.87 Å². The van der Waals surface area contributed by atoms with Gasteiger partial charge in [0.1, 0.15) is 0 Å². The van der Waals surface area contributed by atoms with E-state index in [0.717, 1.165) is 38.2 Å². The van der Waals surface area contributed by atoms with E-state index in [9.17, 15) is 13.2 Å². The van der Waals surface area contributed by atoms with Crippen molar-refractivity contribution in [2.45, 2.75) is 38.1 Å². The van der Waals surface area contributed by atoms with Gasteiger partial charge in [-0.25, -0.2) is 8.42 Å². The molecule has 1 heterocycles. The molecule has 0 radical (unpaired) electrons. The number of carbonyl (C=O) groups is 1. The van der Waals surface area contributed by atoms with Gasteiger partial charge in [0.2, 0.25) is 10.0 Å². The maximum atomic E-state index is 13.2. The largest absolute Gasteiger partial charge is 0.371 e. The van der Waals surface area contributed by atoms with Crippen molar-refractivity contribution in [2.24, 2.45) is 0 Å². The SMILES string of the molecule is CCN(CC)S(=O)(=O)c1ccc(N2CCCC2)c(C(=O)NCCN(C)Cc2ccccc2)c1. The van der Waals surface area contributed by atoms with Gasteiger partial charge in [-0.3, -0.25) is 4.79 Å². The minimum absolute atomic E-state index is 0.167. The molecule has 1 fully saturated rings. The summed E-state index contributed by atoms with van der Waals surface area (Å²) in [5.41, 5.74) is 2.45. The van der Waals surface area contributed by atoms with Crippen LogP contribution in [-0.2, 0) is 16.6 Å². The van der Waals surface area contributed by atoms with Crippen molar-refractivity contribution >= 4 is 21.6 Å². The van der Waals surface area contributed by atoms with Gasteiger partial charge in [0.15, 0.2) is 0 Å². The van der Waals surface area contributed by atoms with Crippen LogP contribution in [0.5, 0.6) is 0 Å². The normalized spacial score (nSPS) is 14.3. The highest BCUT2D eigenvalue weighted by molar-refractivity contribution is 7.89. The molecule has 8 heteroatoms. The van der Waals surface area contributed by atoms with Gasteiger partial charge >= 0.3 is 0 Å².